The summed E-state index contributed by atoms with van der Waals surface area (Å²) in [5.41, 5.74) is 7.50. The molecule has 0 unspecified atom stereocenters. The normalized spacial score (nSPS) is 14.4. The SMILES string of the molecule is Cc1cc(-c2cccnc2)nc(Nc2cc(CC(=O)c3ccc(CN4CCN(C)CC4)cc3)ccc2C)n1. The Morgan fingerprint density at radius 1 is 0.921 bits per heavy atom. The van der Waals surface area contributed by atoms with Crippen molar-refractivity contribution in [3.8, 4) is 11.3 Å². The van der Waals surface area contributed by atoms with E-state index in [1.54, 1.807) is 12.4 Å². The molecule has 0 bridgehead atoms. The van der Waals surface area contributed by atoms with Gasteiger partial charge in [-0.25, -0.2) is 9.97 Å². The van der Waals surface area contributed by atoms with Gasteiger partial charge in [-0.3, -0.25) is 14.7 Å². The predicted molar refractivity (Wildman–Crippen MR) is 152 cm³/mol. The third-order valence-electron chi connectivity index (χ3n) is 7.00. The van der Waals surface area contributed by atoms with Crippen molar-refractivity contribution in [1.29, 1.82) is 0 Å². The highest BCUT2D eigenvalue weighted by Crippen LogP contribution is 2.24. The second kappa shape index (κ2) is 11.6. The van der Waals surface area contributed by atoms with E-state index < -0.39 is 0 Å². The Morgan fingerprint density at radius 2 is 1.68 bits per heavy atom. The van der Waals surface area contributed by atoms with Gasteiger partial charge in [0.15, 0.2) is 5.78 Å². The van der Waals surface area contributed by atoms with Crippen LogP contribution in [0.2, 0.25) is 0 Å². The van der Waals surface area contributed by atoms with E-state index in [0.29, 0.717) is 12.4 Å². The van der Waals surface area contributed by atoms with Gasteiger partial charge in [0, 0.05) is 74.0 Å². The summed E-state index contributed by atoms with van der Waals surface area (Å²) in [4.78, 5) is 31.4. The summed E-state index contributed by atoms with van der Waals surface area (Å²) in [5, 5.41) is 3.36. The van der Waals surface area contributed by atoms with E-state index >= 15 is 0 Å². The number of carbonyl (C=O) groups is 1. The van der Waals surface area contributed by atoms with Crippen LogP contribution >= 0.6 is 0 Å². The van der Waals surface area contributed by atoms with Crippen molar-refractivity contribution in [2.45, 2.75) is 26.8 Å². The number of piperazine rings is 1. The number of benzene rings is 2. The van der Waals surface area contributed by atoms with E-state index in [1.165, 1.54) is 5.56 Å². The first-order valence-electron chi connectivity index (χ1n) is 13.1. The van der Waals surface area contributed by atoms with E-state index in [1.807, 2.05) is 62.4 Å². The highest BCUT2D eigenvalue weighted by molar-refractivity contribution is 5.97. The van der Waals surface area contributed by atoms with E-state index in [4.69, 9.17) is 4.98 Å². The molecule has 194 valence electrons. The van der Waals surface area contributed by atoms with Crippen LogP contribution in [-0.4, -0.2) is 63.8 Å². The maximum atomic E-state index is 13.1. The summed E-state index contributed by atoms with van der Waals surface area (Å²) in [6.45, 7) is 9.28. The molecule has 4 aromatic rings. The molecule has 2 aromatic heterocycles. The average molecular weight is 507 g/mol. The molecule has 3 heterocycles. The first-order valence-corrected chi connectivity index (χ1v) is 13.1. The van der Waals surface area contributed by atoms with Gasteiger partial charge in [0.2, 0.25) is 5.95 Å². The van der Waals surface area contributed by atoms with Crippen LogP contribution in [0.15, 0.2) is 73.1 Å². The number of hydrogen-bond acceptors (Lipinski definition) is 7. The number of Topliss-reactive ketones (excluding diaryl/α,β-unsaturated/α-hetero) is 1. The Morgan fingerprint density at radius 3 is 2.42 bits per heavy atom. The summed E-state index contributed by atoms with van der Waals surface area (Å²) in [7, 11) is 2.17. The van der Waals surface area contributed by atoms with Crippen molar-refractivity contribution >= 4 is 17.4 Å². The van der Waals surface area contributed by atoms with E-state index in [0.717, 1.165) is 72.1 Å². The van der Waals surface area contributed by atoms with Crippen LogP contribution in [0.25, 0.3) is 11.3 Å². The molecule has 7 heteroatoms. The molecular weight excluding hydrogens is 472 g/mol. The molecule has 38 heavy (non-hydrogen) atoms. The van der Waals surface area contributed by atoms with E-state index in [9.17, 15) is 4.79 Å². The summed E-state index contributed by atoms with van der Waals surface area (Å²) in [6, 6.07) is 20.0. The average Bonchev–Trinajstić information content (AvgIpc) is 2.92. The van der Waals surface area contributed by atoms with Crippen LogP contribution < -0.4 is 5.32 Å². The lowest BCUT2D eigenvalue weighted by atomic mass is 10.00. The molecule has 1 saturated heterocycles. The van der Waals surface area contributed by atoms with Crippen LogP contribution in [0, 0.1) is 13.8 Å². The number of anilines is 2. The second-order valence-corrected chi connectivity index (χ2v) is 10.1. The molecular formula is C31H34N6O. The molecule has 1 fully saturated rings. The number of aryl methyl sites for hydroxylation is 2. The molecule has 5 rings (SSSR count). The fourth-order valence-corrected chi connectivity index (χ4v) is 4.67. The number of aromatic nitrogens is 3. The van der Waals surface area contributed by atoms with Crippen LogP contribution in [0.3, 0.4) is 0 Å². The maximum absolute atomic E-state index is 13.1. The Labute approximate surface area is 224 Å². The molecule has 0 amide bonds. The van der Waals surface area contributed by atoms with Crippen molar-refractivity contribution < 1.29 is 4.79 Å². The monoisotopic (exact) mass is 506 g/mol. The summed E-state index contributed by atoms with van der Waals surface area (Å²) in [5.74, 6) is 0.628. The molecule has 7 nitrogen and oxygen atoms in total. The molecule has 1 aliphatic heterocycles. The Hall–Kier alpha value is -3.94. The summed E-state index contributed by atoms with van der Waals surface area (Å²) < 4.78 is 0. The van der Waals surface area contributed by atoms with Gasteiger partial charge in [-0.05, 0) is 61.9 Å². The molecule has 1 N–H and O–H groups in total. The van der Waals surface area contributed by atoms with Crippen LogP contribution in [0.4, 0.5) is 11.6 Å². The minimum Gasteiger partial charge on any atom is -0.324 e. The Kier molecular flexibility index (Phi) is 7.86. The third-order valence-corrected chi connectivity index (χ3v) is 7.00. The number of pyridine rings is 1. The minimum absolute atomic E-state index is 0.108. The number of likely N-dealkylation sites (N-methyl/N-ethyl adjacent to an activating group) is 1. The zero-order chi connectivity index (χ0) is 26.5. The number of nitrogens with zero attached hydrogens (tertiary/aromatic N) is 5. The topological polar surface area (TPSA) is 74.2 Å². The first-order chi connectivity index (χ1) is 18.4. The molecule has 1 aliphatic rings. The van der Waals surface area contributed by atoms with Gasteiger partial charge in [-0.2, -0.15) is 0 Å². The van der Waals surface area contributed by atoms with Crippen molar-refractivity contribution in [2.75, 3.05) is 38.5 Å². The van der Waals surface area contributed by atoms with Gasteiger partial charge in [0.25, 0.3) is 0 Å². The maximum Gasteiger partial charge on any atom is 0.227 e. The molecule has 0 aliphatic carbocycles. The van der Waals surface area contributed by atoms with E-state index in [2.05, 4.69) is 44.3 Å². The first kappa shape index (κ1) is 25.7. The van der Waals surface area contributed by atoms with Gasteiger partial charge >= 0.3 is 0 Å². The van der Waals surface area contributed by atoms with E-state index in [-0.39, 0.29) is 5.78 Å². The van der Waals surface area contributed by atoms with Gasteiger partial charge in [-0.1, -0.05) is 36.4 Å². The largest absolute Gasteiger partial charge is 0.324 e. The summed E-state index contributed by atoms with van der Waals surface area (Å²) >= 11 is 0. The predicted octanol–water partition coefficient (Wildman–Crippen LogP) is 5.07. The second-order valence-electron chi connectivity index (χ2n) is 10.1. The van der Waals surface area contributed by atoms with Gasteiger partial charge in [-0.15, -0.1) is 0 Å². The molecule has 0 spiro atoms. The Balaban J connectivity index is 1.26. The number of carbonyl (C=O) groups excluding carboxylic acids is 1. The molecule has 0 radical (unpaired) electrons. The molecule has 0 saturated carbocycles. The van der Waals surface area contributed by atoms with Crippen LogP contribution in [0.1, 0.15) is 32.7 Å². The van der Waals surface area contributed by atoms with Crippen molar-refractivity contribution in [3.63, 3.8) is 0 Å². The molecule has 0 atom stereocenters. The zero-order valence-corrected chi connectivity index (χ0v) is 22.3. The number of hydrogen-bond donors (Lipinski definition) is 1. The summed E-state index contributed by atoms with van der Waals surface area (Å²) in [6.07, 6.45) is 3.88. The van der Waals surface area contributed by atoms with Gasteiger partial charge < -0.3 is 10.2 Å². The van der Waals surface area contributed by atoms with Crippen LogP contribution in [-0.2, 0) is 13.0 Å². The smallest absolute Gasteiger partial charge is 0.227 e. The van der Waals surface area contributed by atoms with Gasteiger partial charge in [0.05, 0.1) is 5.69 Å². The number of nitrogens with one attached hydrogen (secondary N) is 1. The van der Waals surface area contributed by atoms with Gasteiger partial charge in [0.1, 0.15) is 0 Å². The Bertz CT molecular complexity index is 1400. The van der Waals surface area contributed by atoms with Crippen molar-refractivity contribution in [1.82, 2.24) is 24.8 Å². The lowest BCUT2D eigenvalue weighted by Gasteiger charge is -2.32. The molecule has 2 aromatic carbocycles. The highest BCUT2D eigenvalue weighted by Gasteiger charge is 2.15. The quantitative estimate of drug-likeness (QED) is 0.334. The zero-order valence-electron chi connectivity index (χ0n) is 22.3. The standard InChI is InChI=1S/C31H34N6O/c1-22-6-7-25(18-28(22)34-31-33-23(2)17-29(35-31)27-5-4-12-32-20-27)19-30(38)26-10-8-24(9-11-26)21-37-15-13-36(3)14-16-37/h4-12,17-18,20H,13-16,19,21H2,1-3H3,(H,33,34,35). The highest BCUT2D eigenvalue weighted by atomic mass is 16.1. The fraction of sp³-hybridized carbons (Fsp3) is 0.290. The van der Waals surface area contributed by atoms with Crippen molar-refractivity contribution in [2.24, 2.45) is 0 Å². The van der Waals surface area contributed by atoms with Crippen LogP contribution in [0.5, 0.6) is 0 Å². The lowest BCUT2D eigenvalue weighted by molar-refractivity contribution is 0.0993. The minimum atomic E-state index is 0.108. The van der Waals surface area contributed by atoms with Crippen molar-refractivity contribution in [3.05, 3.63) is 101 Å². The lowest BCUT2D eigenvalue weighted by Crippen LogP contribution is -2.43. The number of ketones is 1. The number of rotatable bonds is 8. The third kappa shape index (κ3) is 6.49. The fourth-order valence-electron chi connectivity index (χ4n) is 4.67.